The number of nitrogens with one attached hydrogen (secondary N) is 1. The van der Waals surface area contributed by atoms with E-state index in [9.17, 15) is 17.6 Å². The average molecular weight is 358 g/mol. The van der Waals surface area contributed by atoms with Gasteiger partial charge in [0.25, 0.3) is 0 Å². The van der Waals surface area contributed by atoms with Gasteiger partial charge < -0.3 is 14.8 Å². The van der Waals surface area contributed by atoms with E-state index in [0.29, 0.717) is 19.6 Å². The van der Waals surface area contributed by atoms with Crippen LogP contribution in [0.3, 0.4) is 0 Å². The molecule has 0 bridgehead atoms. The lowest BCUT2D eigenvalue weighted by molar-refractivity contribution is -0.114. The molecule has 1 N–H and O–H groups in total. The Morgan fingerprint density at radius 1 is 1.29 bits per heavy atom. The lowest BCUT2D eigenvalue weighted by Crippen LogP contribution is -2.59. The van der Waals surface area contributed by atoms with E-state index >= 15 is 0 Å². The molecule has 1 aromatic rings. The summed E-state index contributed by atoms with van der Waals surface area (Å²) < 4.78 is 52.2. The zero-order valence-corrected chi connectivity index (χ0v) is 14.1. The van der Waals surface area contributed by atoms with Crippen molar-refractivity contribution < 1.29 is 27.1 Å². The Morgan fingerprint density at radius 3 is 2.62 bits per heavy atom. The summed E-state index contributed by atoms with van der Waals surface area (Å²) in [5.41, 5.74) is -0.881. The number of hydrogen-bond acceptors (Lipinski definition) is 5. The summed E-state index contributed by atoms with van der Waals surface area (Å²) >= 11 is 0. The number of sulfonamides is 1. The van der Waals surface area contributed by atoms with E-state index in [1.54, 1.807) is 0 Å². The van der Waals surface area contributed by atoms with Crippen molar-refractivity contribution in [3.8, 4) is 0 Å². The molecule has 0 aliphatic carbocycles. The highest BCUT2D eigenvalue weighted by molar-refractivity contribution is 7.89. The SMILES string of the molecule is CC(=O)Nc1cc(S(=O)(=O)N2CCOCC23CCOC3)ccc1F. The fourth-order valence-corrected chi connectivity index (χ4v) is 4.86. The van der Waals surface area contributed by atoms with Gasteiger partial charge >= 0.3 is 0 Å². The summed E-state index contributed by atoms with van der Waals surface area (Å²) in [5, 5.41) is 2.30. The summed E-state index contributed by atoms with van der Waals surface area (Å²) in [6, 6.07) is 3.39. The molecule has 1 aromatic carbocycles. The Morgan fingerprint density at radius 2 is 2.00 bits per heavy atom. The number of carbonyl (C=O) groups is 1. The van der Waals surface area contributed by atoms with Crippen LogP contribution in [0.25, 0.3) is 0 Å². The Hall–Kier alpha value is -1.55. The first-order valence-corrected chi connectivity index (χ1v) is 9.05. The first-order valence-electron chi connectivity index (χ1n) is 7.61. The second-order valence-corrected chi connectivity index (χ2v) is 7.84. The highest BCUT2D eigenvalue weighted by Gasteiger charge is 2.49. The van der Waals surface area contributed by atoms with Crippen molar-refractivity contribution in [3.63, 3.8) is 0 Å². The molecule has 132 valence electrons. The monoisotopic (exact) mass is 358 g/mol. The van der Waals surface area contributed by atoms with Crippen LogP contribution < -0.4 is 5.32 Å². The fraction of sp³-hybridized carbons (Fsp3) is 0.533. The Kier molecular flexibility index (Phi) is 4.60. The molecule has 2 heterocycles. The molecule has 1 unspecified atom stereocenters. The maximum atomic E-state index is 13.8. The van der Waals surface area contributed by atoms with Gasteiger partial charge in [0, 0.05) is 20.1 Å². The summed E-state index contributed by atoms with van der Waals surface area (Å²) in [6.45, 7) is 2.74. The standard InChI is InChI=1S/C15H19FN2O5S/c1-11(19)17-14-8-12(2-3-13(14)16)24(20,21)18-5-7-23-10-15(18)4-6-22-9-15/h2-3,8H,4-7,9-10H2,1H3,(H,17,19). The van der Waals surface area contributed by atoms with Gasteiger partial charge in [0.15, 0.2) is 0 Å². The summed E-state index contributed by atoms with van der Waals surface area (Å²) in [7, 11) is -3.87. The normalized spacial score (nSPS) is 25.1. The average Bonchev–Trinajstić information content (AvgIpc) is 2.97. The molecule has 1 amide bonds. The number of halogens is 1. The van der Waals surface area contributed by atoms with Gasteiger partial charge in [-0.1, -0.05) is 0 Å². The van der Waals surface area contributed by atoms with E-state index in [1.807, 2.05) is 0 Å². The highest BCUT2D eigenvalue weighted by Crippen LogP contribution is 2.35. The van der Waals surface area contributed by atoms with E-state index < -0.39 is 27.3 Å². The molecule has 7 nitrogen and oxygen atoms in total. The second-order valence-electron chi connectivity index (χ2n) is 5.98. The van der Waals surface area contributed by atoms with Crippen molar-refractivity contribution in [1.82, 2.24) is 4.31 Å². The van der Waals surface area contributed by atoms with Crippen LogP contribution in [0.15, 0.2) is 23.1 Å². The van der Waals surface area contributed by atoms with Crippen molar-refractivity contribution in [3.05, 3.63) is 24.0 Å². The predicted molar refractivity (Wildman–Crippen MR) is 83.6 cm³/mol. The molecule has 0 radical (unpaired) electrons. The maximum absolute atomic E-state index is 13.8. The number of morpholine rings is 1. The molecule has 24 heavy (non-hydrogen) atoms. The van der Waals surface area contributed by atoms with Crippen LogP contribution in [-0.4, -0.2) is 57.1 Å². The molecular formula is C15H19FN2O5S. The van der Waals surface area contributed by atoms with Crippen molar-refractivity contribution in [2.75, 3.05) is 38.3 Å². The third-order valence-electron chi connectivity index (χ3n) is 4.26. The second kappa shape index (κ2) is 6.40. The van der Waals surface area contributed by atoms with Crippen molar-refractivity contribution in [2.24, 2.45) is 0 Å². The molecule has 2 fully saturated rings. The largest absolute Gasteiger partial charge is 0.379 e. The van der Waals surface area contributed by atoms with Gasteiger partial charge in [-0.15, -0.1) is 0 Å². The Balaban J connectivity index is 1.99. The van der Waals surface area contributed by atoms with Crippen LogP contribution in [0.5, 0.6) is 0 Å². The first kappa shape index (κ1) is 17.3. The number of amides is 1. The molecule has 0 saturated carbocycles. The lowest BCUT2D eigenvalue weighted by Gasteiger charge is -2.42. The summed E-state index contributed by atoms with van der Waals surface area (Å²) in [6.07, 6.45) is 0.548. The number of anilines is 1. The number of ether oxygens (including phenoxy) is 2. The molecule has 1 atom stereocenters. The maximum Gasteiger partial charge on any atom is 0.243 e. The van der Waals surface area contributed by atoms with Crippen LogP contribution in [0.4, 0.5) is 10.1 Å². The Labute approximate surface area is 139 Å². The number of benzene rings is 1. The summed E-state index contributed by atoms with van der Waals surface area (Å²) in [4.78, 5) is 11.1. The zero-order chi connectivity index (χ0) is 17.4. The van der Waals surface area contributed by atoms with E-state index in [0.717, 1.165) is 12.1 Å². The van der Waals surface area contributed by atoms with Crippen LogP contribution in [0.1, 0.15) is 13.3 Å². The smallest absolute Gasteiger partial charge is 0.243 e. The van der Waals surface area contributed by atoms with Gasteiger partial charge in [0.05, 0.1) is 35.9 Å². The third kappa shape index (κ3) is 3.04. The van der Waals surface area contributed by atoms with Crippen LogP contribution in [0.2, 0.25) is 0 Å². The van der Waals surface area contributed by atoms with Gasteiger partial charge in [0.1, 0.15) is 5.82 Å². The fourth-order valence-electron chi connectivity index (χ4n) is 3.08. The minimum absolute atomic E-state index is 0.0687. The number of carbonyl (C=O) groups excluding carboxylic acids is 1. The van der Waals surface area contributed by atoms with Crippen molar-refractivity contribution >= 4 is 21.6 Å². The predicted octanol–water partition coefficient (Wildman–Crippen LogP) is 0.964. The molecule has 3 rings (SSSR count). The topological polar surface area (TPSA) is 84.9 Å². The minimum Gasteiger partial charge on any atom is -0.379 e. The zero-order valence-electron chi connectivity index (χ0n) is 13.2. The molecule has 2 saturated heterocycles. The number of nitrogens with zero attached hydrogens (tertiary/aromatic N) is 1. The van der Waals surface area contributed by atoms with Gasteiger partial charge in [-0.25, -0.2) is 12.8 Å². The quantitative estimate of drug-likeness (QED) is 0.870. The molecule has 1 spiro atoms. The molecule has 9 heteroatoms. The molecular weight excluding hydrogens is 339 g/mol. The molecule has 2 aliphatic rings. The van der Waals surface area contributed by atoms with Crippen LogP contribution in [-0.2, 0) is 24.3 Å². The van der Waals surface area contributed by atoms with E-state index in [2.05, 4.69) is 5.32 Å². The van der Waals surface area contributed by atoms with E-state index in [1.165, 1.54) is 17.3 Å². The highest BCUT2D eigenvalue weighted by atomic mass is 32.2. The first-order chi connectivity index (χ1) is 11.3. The number of rotatable bonds is 3. The third-order valence-corrected chi connectivity index (χ3v) is 6.26. The molecule has 2 aliphatic heterocycles. The van der Waals surface area contributed by atoms with Crippen LogP contribution >= 0.6 is 0 Å². The van der Waals surface area contributed by atoms with Gasteiger partial charge in [-0.2, -0.15) is 4.31 Å². The summed E-state index contributed by atoms with van der Waals surface area (Å²) in [5.74, 6) is -1.17. The Bertz CT molecular complexity index is 746. The van der Waals surface area contributed by atoms with Crippen molar-refractivity contribution in [1.29, 1.82) is 0 Å². The van der Waals surface area contributed by atoms with E-state index in [-0.39, 0.29) is 30.3 Å². The van der Waals surface area contributed by atoms with Gasteiger partial charge in [-0.05, 0) is 24.6 Å². The van der Waals surface area contributed by atoms with Gasteiger partial charge in [-0.3, -0.25) is 4.79 Å². The number of hydrogen-bond donors (Lipinski definition) is 1. The molecule has 0 aromatic heterocycles. The lowest BCUT2D eigenvalue weighted by atomic mass is 9.99. The van der Waals surface area contributed by atoms with Crippen LogP contribution in [0, 0.1) is 5.82 Å². The van der Waals surface area contributed by atoms with Crippen molar-refractivity contribution in [2.45, 2.75) is 23.8 Å². The minimum atomic E-state index is -3.87. The van der Waals surface area contributed by atoms with E-state index in [4.69, 9.17) is 9.47 Å². The van der Waals surface area contributed by atoms with Gasteiger partial charge in [0.2, 0.25) is 15.9 Å².